The Kier molecular flexibility index (Phi) is 2.74. The molecule has 1 aromatic carbocycles. The highest BCUT2D eigenvalue weighted by molar-refractivity contribution is 6.99. The van der Waals surface area contributed by atoms with Crippen molar-refractivity contribution in [1.82, 2.24) is 8.75 Å². The second kappa shape index (κ2) is 4.19. The fraction of sp³-hybridized carbons (Fsp3) is 0.200. The second-order valence-electron chi connectivity index (χ2n) is 3.12. The van der Waals surface area contributed by atoms with E-state index in [9.17, 15) is 0 Å². The minimum Gasteiger partial charge on any atom is -0.379 e. The van der Waals surface area contributed by atoms with Crippen LogP contribution in [0, 0.1) is 6.92 Å². The molecule has 1 heterocycles. The number of nitrogens with zero attached hydrogens (tertiary/aromatic N) is 2. The van der Waals surface area contributed by atoms with Crippen LogP contribution in [0.2, 0.25) is 0 Å². The van der Waals surface area contributed by atoms with Crippen LogP contribution in [0.25, 0.3) is 0 Å². The van der Waals surface area contributed by atoms with Gasteiger partial charge in [0.15, 0.2) is 0 Å². The Morgan fingerprint density at radius 3 is 2.71 bits per heavy atom. The normalized spacial score (nSPS) is 10.1. The summed E-state index contributed by atoms with van der Waals surface area (Å²) in [7, 11) is 0. The lowest BCUT2D eigenvalue weighted by atomic mass is 10.2. The third-order valence-corrected chi connectivity index (χ3v) is 2.45. The van der Waals surface area contributed by atoms with Gasteiger partial charge in [0.1, 0.15) is 0 Å². The molecule has 0 spiro atoms. The molecule has 0 atom stereocenters. The van der Waals surface area contributed by atoms with Crippen molar-refractivity contribution in [3.05, 3.63) is 41.7 Å². The van der Waals surface area contributed by atoms with Gasteiger partial charge in [0, 0.05) is 5.69 Å². The minimum absolute atomic E-state index is 0.736. The number of aryl methyl sites for hydroxylation is 1. The molecular formula is C10H11N3S. The molecule has 14 heavy (non-hydrogen) atoms. The van der Waals surface area contributed by atoms with Crippen LogP contribution in [0.3, 0.4) is 0 Å². The van der Waals surface area contributed by atoms with Crippen molar-refractivity contribution in [3.63, 3.8) is 0 Å². The molecule has 3 nitrogen and oxygen atoms in total. The summed E-state index contributed by atoms with van der Waals surface area (Å²) < 4.78 is 8.06. The second-order valence-corrected chi connectivity index (χ2v) is 3.68. The van der Waals surface area contributed by atoms with Crippen molar-refractivity contribution < 1.29 is 0 Å². The Balaban J connectivity index is 1.95. The zero-order chi connectivity index (χ0) is 9.80. The standard InChI is InChI=1S/C10H11N3S/c1-8-2-4-9(5-3-8)11-6-10-7-12-14-13-10/h2-5,7,11H,6H2,1H3. The fourth-order valence-electron chi connectivity index (χ4n) is 1.13. The maximum absolute atomic E-state index is 4.12. The van der Waals surface area contributed by atoms with Crippen LogP contribution in [0.4, 0.5) is 5.69 Å². The number of rotatable bonds is 3. The van der Waals surface area contributed by atoms with Crippen LogP contribution in [0.1, 0.15) is 11.3 Å². The van der Waals surface area contributed by atoms with Crippen LogP contribution in [0.15, 0.2) is 30.5 Å². The van der Waals surface area contributed by atoms with Crippen LogP contribution in [0.5, 0.6) is 0 Å². The van der Waals surface area contributed by atoms with Gasteiger partial charge in [-0.1, -0.05) is 17.7 Å². The molecular weight excluding hydrogens is 194 g/mol. The van der Waals surface area contributed by atoms with E-state index < -0.39 is 0 Å². The van der Waals surface area contributed by atoms with Gasteiger partial charge in [-0.2, -0.15) is 8.75 Å². The van der Waals surface area contributed by atoms with Gasteiger partial charge in [0.2, 0.25) is 0 Å². The Hall–Kier alpha value is -1.42. The highest BCUT2D eigenvalue weighted by Gasteiger charge is 1.95. The molecule has 0 unspecified atom stereocenters. The smallest absolute Gasteiger partial charge is 0.0933 e. The molecule has 4 heteroatoms. The lowest BCUT2D eigenvalue weighted by Gasteiger charge is -2.03. The molecule has 0 amide bonds. The molecule has 1 N–H and O–H groups in total. The summed E-state index contributed by atoms with van der Waals surface area (Å²) in [6.45, 7) is 2.81. The van der Waals surface area contributed by atoms with Crippen molar-refractivity contribution in [2.24, 2.45) is 0 Å². The van der Waals surface area contributed by atoms with Crippen molar-refractivity contribution in [3.8, 4) is 0 Å². The third kappa shape index (κ3) is 2.29. The van der Waals surface area contributed by atoms with Crippen molar-refractivity contribution >= 4 is 17.4 Å². The summed E-state index contributed by atoms with van der Waals surface area (Å²) in [6.07, 6.45) is 1.78. The SMILES string of the molecule is Cc1ccc(NCc2cnsn2)cc1. The fourth-order valence-corrected chi connectivity index (χ4v) is 1.56. The van der Waals surface area contributed by atoms with Crippen LogP contribution >= 0.6 is 11.7 Å². The van der Waals surface area contributed by atoms with E-state index in [1.54, 1.807) is 6.20 Å². The van der Waals surface area contributed by atoms with E-state index in [2.05, 4.69) is 45.3 Å². The topological polar surface area (TPSA) is 37.8 Å². The first kappa shape index (κ1) is 9.15. The van der Waals surface area contributed by atoms with Gasteiger partial charge in [0.25, 0.3) is 0 Å². The van der Waals surface area contributed by atoms with Gasteiger partial charge in [0.05, 0.1) is 30.2 Å². The molecule has 2 aromatic rings. The van der Waals surface area contributed by atoms with Crippen molar-refractivity contribution in [1.29, 1.82) is 0 Å². The zero-order valence-electron chi connectivity index (χ0n) is 7.90. The molecule has 0 aliphatic rings. The predicted octanol–water partition coefficient (Wildman–Crippen LogP) is 2.46. The summed E-state index contributed by atoms with van der Waals surface area (Å²) >= 11 is 1.24. The summed E-state index contributed by atoms with van der Waals surface area (Å²) in [5, 5.41) is 3.28. The number of nitrogens with one attached hydrogen (secondary N) is 1. The first-order valence-corrected chi connectivity index (χ1v) is 5.14. The molecule has 2 rings (SSSR count). The molecule has 1 aromatic heterocycles. The molecule has 0 saturated carbocycles. The highest BCUT2D eigenvalue weighted by Crippen LogP contribution is 2.09. The Labute approximate surface area is 87.1 Å². The molecule has 0 fully saturated rings. The summed E-state index contributed by atoms with van der Waals surface area (Å²) in [4.78, 5) is 0. The molecule has 0 aliphatic carbocycles. The molecule has 0 aliphatic heterocycles. The lowest BCUT2D eigenvalue weighted by molar-refractivity contribution is 1.09. The van der Waals surface area contributed by atoms with Crippen LogP contribution < -0.4 is 5.32 Å². The van der Waals surface area contributed by atoms with E-state index in [0.717, 1.165) is 17.9 Å². The van der Waals surface area contributed by atoms with Gasteiger partial charge < -0.3 is 5.32 Å². The Bertz CT molecular complexity index is 380. The molecule has 0 radical (unpaired) electrons. The Morgan fingerprint density at radius 1 is 1.29 bits per heavy atom. The average molecular weight is 205 g/mol. The quantitative estimate of drug-likeness (QED) is 0.836. The van der Waals surface area contributed by atoms with Gasteiger partial charge >= 0.3 is 0 Å². The van der Waals surface area contributed by atoms with Gasteiger partial charge in [-0.15, -0.1) is 0 Å². The Morgan fingerprint density at radius 2 is 2.07 bits per heavy atom. The summed E-state index contributed by atoms with van der Waals surface area (Å²) in [6, 6.07) is 8.30. The monoisotopic (exact) mass is 205 g/mol. The number of hydrogen-bond acceptors (Lipinski definition) is 4. The van der Waals surface area contributed by atoms with Crippen LogP contribution in [-0.2, 0) is 6.54 Å². The predicted molar refractivity (Wildman–Crippen MR) is 58.4 cm³/mol. The number of hydrogen-bond donors (Lipinski definition) is 1. The van der Waals surface area contributed by atoms with E-state index in [-0.39, 0.29) is 0 Å². The summed E-state index contributed by atoms with van der Waals surface area (Å²) in [5.74, 6) is 0. The largest absolute Gasteiger partial charge is 0.379 e. The van der Waals surface area contributed by atoms with Gasteiger partial charge in [-0.25, -0.2) is 0 Å². The van der Waals surface area contributed by atoms with E-state index in [1.807, 2.05) is 0 Å². The summed E-state index contributed by atoms with van der Waals surface area (Å²) in [5.41, 5.74) is 3.37. The van der Waals surface area contributed by atoms with E-state index in [4.69, 9.17) is 0 Å². The molecule has 0 saturated heterocycles. The maximum atomic E-state index is 4.12. The first-order valence-electron chi connectivity index (χ1n) is 4.41. The number of benzene rings is 1. The van der Waals surface area contributed by atoms with E-state index in [1.165, 1.54) is 17.3 Å². The number of aromatic nitrogens is 2. The average Bonchev–Trinajstić information content (AvgIpc) is 2.70. The first-order chi connectivity index (χ1) is 6.84. The molecule has 0 bridgehead atoms. The highest BCUT2D eigenvalue weighted by atomic mass is 32.1. The van der Waals surface area contributed by atoms with Gasteiger partial charge in [-0.3, -0.25) is 0 Å². The van der Waals surface area contributed by atoms with Crippen LogP contribution in [-0.4, -0.2) is 8.75 Å². The van der Waals surface area contributed by atoms with Crippen molar-refractivity contribution in [2.75, 3.05) is 5.32 Å². The molecule has 72 valence electrons. The van der Waals surface area contributed by atoms with Gasteiger partial charge in [-0.05, 0) is 19.1 Å². The third-order valence-electron chi connectivity index (χ3n) is 1.93. The van der Waals surface area contributed by atoms with E-state index >= 15 is 0 Å². The minimum atomic E-state index is 0.736. The zero-order valence-corrected chi connectivity index (χ0v) is 8.71. The van der Waals surface area contributed by atoms with E-state index in [0.29, 0.717) is 0 Å². The lowest BCUT2D eigenvalue weighted by Crippen LogP contribution is -1.98. The number of anilines is 1. The van der Waals surface area contributed by atoms with Crippen molar-refractivity contribution in [2.45, 2.75) is 13.5 Å². The maximum Gasteiger partial charge on any atom is 0.0933 e.